The summed E-state index contributed by atoms with van der Waals surface area (Å²) in [7, 11) is 3.91. The number of aryl methyl sites for hydroxylation is 1. The number of thioether (sulfide) groups is 1. The van der Waals surface area contributed by atoms with Crippen LogP contribution in [-0.2, 0) is 7.05 Å². The van der Waals surface area contributed by atoms with Crippen molar-refractivity contribution in [3.8, 4) is 0 Å². The van der Waals surface area contributed by atoms with Crippen molar-refractivity contribution >= 4 is 11.8 Å². The van der Waals surface area contributed by atoms with Gasteiger partial charge in [0, 0.05) is 19.0 Å². The van der Waals surface area contributed by atoms with Crippen LogP contribution in [0.5, 0.6) is 0 Å². The van der Waals surface area contributed by atoms with Gasteiger partial charge in [-0.3, -0.25) is 4.68 Å². The van der Waals surface area contributed by atoms with Crippen LogP contribution in [0.15, 0.2) is 12.3 Å². The van der Waals surface area contributed by atoms with E-state index in [1.807, 2.05) is 36.7 Å². The second-order valence-electron chi connectivity index (χ2n) is 2.71. The summed E-state index contributed by atoms with van der Waals surface area (Å²) in [5, 5.41) is 7.58. The minimum atomic E-state index is 0.376. The van der Waals surface area contributed by atoms with Crippen molar-refractivity contribution in [2.45, 2.75) is 6.04 Å². The van der Waals surface area contributed by atoms with E-state index < -0.39 is 0 Å². The zero-order valence-corrected chi connectivity index (χ0v) is 8.56. The molecule has 1 heterocycles. The lowest BCUT2D eigenvalue weighted by molar-refractivity contribution is 0.619. The number of nitrogens with one attached hydrogen (secondary N) is 1. The lowest BCUT2D eigenvalue weighted by Gasteiger charge is -2.11. The molecule has 0 saturated carbocycles. The Bertz CT molecular complexity index is 234. The van der Waals surface area contributed by atoms with Crippen LogP contribution in [0, 0.1) is 0 Å². The van der Waals surface area contributed by atoms with Crippen molar-refractivity contribution in [3.63, 3.8) is 0 Å². The molecule has 0 spiro atoms. The molecule has 1 aromatic heterocycles. The van der Waals surface area contributed by atoms with Crippen molar-refractivity contribution in [2.75, 3.05) is 19.1 Å². The summed E-state index contributed by atoms with van der Waals surface area (Å²) >= 11 is 1.83. The molecule has 3 nitrogen and oxygen atoms in total. The van der Waals surface area contributed by atoms with E-state index in [2.05, 4.69) is 22.7 Å². The van der Waals surface area contributed by atoms with Gasteiger partial charge in [0.15, 0.2) is 0 Å². The highest BCUT2D eigenvalue weighted by Gasteiger charge is 2.10. The lowest BCUT2D eigenvalue weighted by Crippen LogP contribution is -2.19. The maximum absolute atomic E-state index is 4.34. The third kappa shape index (κ3) is 2.25. The molecule has 4 heteroatoms. The average Bonchev–Trinajstić information content (AvgIpc) is 2.47. The van der Waals surface area contributed by atoms with Crippen LogP contribution in [0.1, 0.15) is 11.7 Å². The maximum Gasteiger partial charge on any atom is 0.0802 e. The zero-order chi connectivity index (χ0) is 8.97. The first-order valence-corrected chi connectivity index (χ1v) is 5.33. The highest BCUT2D eigenvalue weighted by molar-refractivity contribution is 7.98. The summed E-state index contributed by atoms with van der Waals surface area (Å²) in [5.41, 5.74) is 1.12. The molecule has 1 rings (SSSR count). The molecule has 0 aliphatic rings. The normalized spacial score (nSPS) is 13.2. The molecule has 1 unspecified atom stereocenters. The topological polar surface area (TPSA) is 29.9 Å². The molecule has 0 fully saturated rings. The fourth-order valence-corrected chi connectivity index (χ4v) is 1.77. The van der Waals surface area contributed by atoms with Crippen LogP contribution in [0.25, 0.3) is 0 Å². The van der Waals surface area contributed by atoms with Gasteiger partial charge in [-0.05, 0) is 19.4 Å². The molecule has 0 amide bonds. The molecule has 0 aliphatic carbocycles. The fourth-order valence-electron chi connectivity index (χ4n) is 1.10. The van der Waals surface area contributed by atoms with E-state index in [0.717, 1.165) is 11.4 Å². The summed E-state index contributed by atoms with van der Waals surface area (Å²) in [6, 6.07) is 2.43. The first kappa shape index (κ1) is 9.61. The van der Waals surface area contributed by atoms with E-state index in [-0.39, 0.29) is 0 Å². The molecule has 12 heavy (non-hydrogen) atoms. The van der Waals surface area contributed by atoms with Crippen LogP contribution >= 0.6 is 11.8 Å². The van der Waals surface area contributed by atoms with Crippen molar-refractivity contribution in [1.82, 2.24) is 15.1 Å². The van der Waals surface area contributed by atoms with Crippen LogP contribution in [0.2, 0.25) is 0 Å². The molecular weight excluding hydrogens is 170 g/mol. The monoisotopic (exact) mass is 185 g/mol. The van der Waals surface area contributed by atoms with Crippen LogP contribution in [-0.4, -0.2) is 28.8 Å². The molecule has 0 aromatic carbocycles. The highest BCUT2D eigenvalue weighted by Crippen LogP contribution is 2.13. The van der Waals surface area contributed by atoms with E-state index >= 15 is 0 Å². The zero-order valence-electron chi connectivity index (χ0n) is 7.74. The van der Waals surface area contributed by atoms with Gasteiger partial charge in [-0.1, -0.05) is 0 Å². The molecule has 0 radical (unpaired) electrons. The second-order valence-corrected chi connectivity index (χ2v) is 3.62. The third-order valence-corrected chi connectivity index (χ3v) is 2.44. The summed E-state index contributed by atoms with van der Waals surface area (Å²) in [5.74, 6) is 1.06. The number of rotatable bonds is 4. The molecule has 0 bridgehead atoms. The van der Waals surface area contributed by atoms with Crippen LogP contribution < -0.4 is 5.32 Å². The second kappa shape index (κ2) is 4.52. The number of aromatic nitrogens is 2. The SMILES string of the molecule is CNC(CSC)c1ccn(C)n1. The summed E-state index contributed by atoms with van der Waals surface area (Å²) in [4.78, 5) is 0. The quantitative estimate of drug-likeness (QED) is 0.760. The van der Waals surface area contributed by atoms with Crippen LogP contribution in [0.4, 0.5) is 0 Å². The Labute approximate surface area is 77.5 Å². The smallest absolute Gasteiger partial charge is 0.0802 e. The van der Waals surface area contributed by atoms with Gasteiger partial charge in [0.25, 0.3) is 0 Å². The van der Waals surface area contributed by atoms with Gasteiger partial charge in [-0.25, -0.2) is 0 Å². The van der Waals surface area contributed by atoms with Crippen molar-refractivity contribution < 1.29 is 0 Å². The highest BCUT2D eigenvalue weighted by atomic mass is 32.2. The van der Waals surface area contributed by atoms with Crippen molar-refractivity contribution in [2.24, 2.45) is 7.05 Å². The van der Waals surface area contributed by atoms with E-state index in [1.165, 1.54) is 0 Å². The number of hydrogen-bond donors (Lipinski definition) is 1. The third-order valence-electron chi connectivity index (χ3n) is 1.77. The first-order chi connectivity index (χ1) is 5.77. The van der Waals surface area contributed by atoms with Gasteiger partial charge in [0.2, 0.25) is 0 Å². The number of hydrogen-bond acceptors (Lipinski definition) is 3. The van der Waals surface area contributed by atoms with Gasteiger partial charge in [0.05, 0.1) is 11.7 Å². The van der Waals surface area contributed by atoms with Crippen molar-refractivity contribution in [3.05, 3.63) is 18.0 Å². The Hall–Kier alpha value is -0.480. The number of nitrogens with zero attached hydrogens (tertiary/aromatic N) is 2. The van der Waals surface area contributed by atoms with Gasteiger partial charge >= 0.3 is 0 Å². The molecule has 1 N–H and O–H groups in total. The predicted octanol–water partition coefficient (Wildman–Crippen LogP) is 1.04. The Kier molecular flexibility index (Phi) is 3.62. The fraction of sp³-hybridized carbons (Fsp3) is 0.625. The van der Waals surface area contributed by atoms with Gasteiger partial charge in [-0.2, -0.15) is 16.9 Å². The Balaban J connectivity index is 2.66. The lowest BCUT2D eigenvalue weighted by atomic mass is 10.2. The summed E-state index contributed by atoms with van der Waals surface area (Å²) in [6.45, 7) is 0. The minimum absolute atomic E-state index is 0.376. The van der Waals surface area contributed by atoms with E-state index in [1.54, 1.807) is 0 Å². The molecule has 1 aromatic rings. The standard InChI is InChI=1S/C8H15N3S/c1-9-8(6-12-3)7-4-5-11(2)10-7/h4-5,8-9H,6H2,1-3H3. The van der Waals surface area contributed by atoms with E-state index in [4.69, 9.17) is 0 Å². The molecule has 0 saturated heterocycles. The van der Waals surface area contributed by atoms with Gasteiger partial charge in [-0.15, -0.1) is 0 Å². The molecule has 1 atom stereocenters. The van der Waals surface area contributed by atoms with Crippen LogP contribution in [0.3, 0.4) is 0 Å². The van der Waals surface area contributed by atoms with Gasteiger partial charge in [0.1, 0.15) is 0 Å². The summed E-state index contributed by atoms with van der Waals surface area (Å²) < 4.78 is 1.83. The van der Waals surface area contributed by atoms with Crippen molar-refractivity contribution in [1.29, 1.82) is 0 Å². The Morgan fingerprint density at radius 1 is 1.75 bits per heavy atom. The largest absolute Gasteiger partial charge is 0.311 e. The average molecular weight is 185 g/mol. The summed E-state index contributed by atoms with van der Waals surface area (Å²) in [6.07, 6.45) is 4.08. The molecule has 68 valence electrons. The molecular formula is C8H15N3S. The Morgan fingerprint density at radius 2 is 2.50 bits per heavy atom. The first-order valence-electron chi connectivity index (χ1n) is 3.93. The minimum Gasteiger partial charge on any atom is -0.311 e. The maximum atomic E-state index is 4.34. The van der Waals surface area contributed by atoms with E-state index in [0.29, 0.717) is 6.04 Å². The predicted molar refractivity (Wildman–Crippen MR) is 53.4 cm³/mol. The Morgan fingerprint density at radius 3 is 2.92 bits per heavy atom. The van der Waals surface area contributed by atoms with Gasteiger partial charge < -0.3 is 5.32 Å². The van der Waals surface area contributed by atoms with E-state index in [9.17, 15) is 0 Å². The molecule has 0 aliphatic heterocycles.